The summed E-state index contributed by atoms with van der Waals surface area (Å²) >= 11 is 1.42. The summed E-state index contributed by atoms with van der Waals surface area (Å²) in [5, 5.41) is 10.2. The molecule has 3 saturated carbocycles. The Morgan fingerprint density at radius 3 is 2.18 bits per heavy atom. The van der Waals surface area contributed by atoms with Crippen LogP contribution in [0.2, 0.25) is 0 Å². The lowest BCUT2D eigenvalue weighted by atomic mass is 9.73. The third-order valence-electron chi connectivity index (χ3n) is 8.87. The van der Waals surface area contributed by atoms with Crippen molar-refractivity contribution in [2.24, 2.45) is 17.3 Å². The number of hydrogen-bond acceptors (Lipinski definition) is 4. The summed E-state index contributed by atoms with van der Waals surface area (Å²) in [5.41, 5.74) is 1.04. The largest absolute Gasteiger partial charge is 0.477 e. The molecule has 4 rings (SSSR count). The number of nitrogens with zero attached hydrogens (tertiary/aromatic N) is 1. The Balaban J connectivity index is 1.65. The number of carboxylic acid groups (broad SMARTS) is 1. The average Bonchev–Trinajstić information content (AvgIpc) is 3.25. The summed E-state index contributed by atoms with van der Waals surface area (Å²) in [6.45, 7) is 6.92. The maximum Gasteiger partial charge on any atom is 0.348 e. The highest BCUT2D eigenvalue weighted by molar-refractivity contribution is 7.14. The Bertz CT molecular complexity index is 852. The summed E-state index contributed by atoms with van der Waals surface area (Å²) < 4.78 is 5.58. The van der Waals surface area contributed by atoms with Crippen LogP contribution in [0.1, 0.15) is 118 Å². The minimum atomic E-state index is -0.900. The van der Waals surface area contributed by atoms with Gasteiger partial charge in [-0.1, -0.05) is 20.8 Å². The lowest BCUT2D eigenvalue weighted by Crippen LogP contribution is -2.47. The number of hydrogen-bond donors (Lipinski definition) is 1. The normalized spacial score (nSPS) is 30.1. The second kappa shape index (κ2) is 10.7. The van der Waals surface area contributed by atoms with Gasteiger partial charge in [-0.2, -0.15) is 0 Å². The molecule has 0 aromatic carbocycles. The summed E-state index contributed by atoms with van der Waals surface area (Å²) in [5.74, 6) is 0.346. The van der Waals surface area contributed by atoms with Crippen molar-refractivity contribution in [1.82, 2.24) is 0 Å². The monoisotopic (exact) mass is 489 g/mol. The Hall–Kier alpha value is -1.40. The van der Waals surface area contributed by atoms with Gasteiger partial charge in [-0.05, 0) is 100 Å². The van der Waals surface area contributed by atoms with Crippen LogP contribution in [0.4, 0.5) is 5.69 Å². The molecular formula is C28H43NO4S. The van der Waals surface area contributed by atoms with Gasteiger partial charge in [-0.25, -0.2) is 4.79 Å². The minimum Gasteiger partial charge on any atom is -0.477 e. The van der Waals surface area contributed by atoms with E-state index in [4.69, 9.17) is 4.74 Å². The van der Waals surface area contributed by atoms with Crippen LogP contribution < -0.4 is 4.90 Å². The molecular weight excluding hydrogens is 446 g/mol. The van der Waals surface area contributed by atoms with E-state index in [1.807, 2.05) is 4.90 Å². The highest BCUT2D eigenvalue weighted by Crippen LogP contribution is 2.47. The zero-order valence-corrected chi connectivity index (χ0v) is 22.3. The molecule has 190 valence electrons. The van der Waals surface area contributed by atoms with E-state index in [1.54, 1.807) is 7.11 Å². The number of ether oxygens (including phenoxy) is 1. The SMILES string of the molecule is CO[C@H]1CC[C@@H](N(c2cc(C3CCC(C)(C)CC3)sc2C(=O)O)C(=O)[C@H]2CC[C@H](C)CC2)CC1. The first-order valence-electron chi connectivity index (χ1n) is 13.4. The number of methoxy groups -OCH3 is 1. The van der Waals surface area contributed by atoms with E-state index in [2.05, 4.69) is 26.8 Å². The van der Waals surface area contributed by atoms with Gasteiger partial charge in [-0.3, -0.25) is 4.79 Å². The second-order valence-corrected chi connectivity index (χ2v) is 13.0. The number of carboxylic acids is 1. The number of anilines is 1. The quantitative estimate of drug-likeness (QED) is 0.457. The van der Waals surface area contributed by atoms with Gasteiger partial charge >= 0.3 is 5.97 Å². The van der Waals surface area contributed by atoms with Crippen molar-refractivity contribution in [1.29, 1.82) is 0 Å². The highest BCUT2D eigenvalue weighted by atomic mass is 32.1. The maximum atomic E-state index is 14.0. The molecule has 3 aliphatic carbocycles. The van der Waals surface area contributed by atoms with E-state index in [1.165, 1.54) is 11.3 Å². The van der Waals surface area contributed by atoms with Crippen molar-refractivity contribution in [2.45, 2.75) is 116 Å². The van der Waals surface area contributed by atoms with E-state index in [9.17, 15) is 14.7 Å². The number of carbonyl (C=O) groups excluding carboxylic acids is 1. The molecule has 6 heteroatoms. The fourth-order valence-corrected chi connectivity index (χ4v) is 7.51. The zero-order valence-electron chi connectivity index (χ0n) is 21.5. The molecule has 1 aromatic heterocycles. The second-order valence-electron chi connectivity index (χ2n) is 11.9. The molecule has 3 aliphatic rings. The lowest BCUT2D eigenvalue weighted by molar-refractivity contribution is -0.124. The number of carbonyl (C=O) groups is 2. The van der Waals surface area contributed by atoms with Gasteiger partial charge in [0.25, 0.3) is 0 Å². The van der Waals surface area contributed by atoms with Crippen molar-refractivity contribution in [3.8, 4) is 0 Å². The molecule has 0 atom stereocenters. The molecule has 3 fully saturated rings. The lowest BCUT2D eigenvalue weighted by Gasteiger charge is -2.39. The molecule has 0 saturated heterocycles. The maximum absolute atomic E-state index is 14.0. The fraction of sp³-hybridized carbons (Fsp3) is 0.786. The van der Waals surface area contributed by atoms with Gasteiger partial charge in [0.15, 0.2) is 0 Å². The van der Waals surface area contributed by atoms with Crippen LogP contribution in [0.3, 0.4) is 0 Å². The minimum absolute atomic E-state index is 0.0109. The number of amides is 1. The van der Waals surface area contributed by atoms with E-state index in [0.717, 1.165) is 81.9 Å². The van der Waals surface area contributed by atoms with E-state index >= 15 is 0 Å². The average molecular weight is 490 g/mol. The van der Waals surface area contributed by atoms with Crippen LogP contribution in [0.5, 0.6) is 0 Å². The molecule has 0 unspecified atom stereocenters. The first-order chi connectivity index (χ1) is 16.2. The van der Waals surface area contributed by atoms with Gasteiger partial charge in [-0.15, -0.1) is 11.3 Å². The van der Waals surface area contributed by atoms with Crippen molar-refractivity contribution in [3.05, 3.63) is 15.8 Å². The molecule has 1 amide bonds. The van der Waals surface area contributed by atoms with Crippen LogP contribution in [0.15, 0.2) is 6.07 Å². The molecule has 1 aromatic rings. The van der Waals surface area contributed by atoms with Gasteiger partial charge < -0.3 is 14.7 Å². The predicted molar refractivity (Wildman–Crippen MR) is 138 cm³/mol. The standard InChI is InChI=1S/C28H43NO4S/c1-18-5-7-20(8-6-18)26(30)29(21-9-11-22(33-4)12-10-21)23-17-24(34-25(23)27(31)32)19-13-15-28(2,3)16-14-19/h17-22H,5-16H2,1-4H3,(H,31,32)/t18-,20-,21-,22+. The fourth-order valence-electron chi connectivity index (χ4n) is 6.36. The van der Waals surface area contributed by atoms with Crippen LogP contribution in [-0.2, 0) is 9.53 Å². The van der Waals surface area contributed by atoms with Crippen molar-refractivity contribution in [2.75, 3.05) is 12.0 Å². The van der Waals surface area contributed by atoms with E-state index < -0.39 is 5.97 Å². The molecule has 0 spiro atoms. The van der Waals surface area contributed by atoms with Crippen molar-refractivity contribution in [3.63, 3.8) is 0 Å². The van der Waals surface area contributed by atoms with Gasteiger partial charge in [0.2, 0.25) is 5.91 Å². The number of thiophene rings is 1. The summed E-state index contributed by atoms with van der Waals surface area (Å²) in [6, 6.07) is 2.15. The molecule has 1 heterocycles. The summed E-state index contributed by atoms with van der Waals surface area (Å²) in [7, 11) is 1.76. The van der Waals surface area contributed by atoms with Gasteiger partial charge in [0, 0.05) is 23.9 Å². The third kappa shape index (κ3) is 5.70. The summed E-state index contributed by atoms with van der Waals surface area (Å²) in [6.07, 6.45) is 12.3. The molecule has 5 nitrogen and oxygen atoms in total. The molecule has 0 aliphatic heterocycles. The van der Waals surface area contributed by atoms with Crippen LogP contribution in [0.25, 0.3) is 0 Å². The van der Waals surface area contributed by atoms with Crippen LogP contribution >= 0.6 is 11.3 Å². The predicted octanol–water partition coefficient (Wildman–Crippen LogP) is 7.25. The van der Waals surface area contributed by atoms with Gasteiger partial charge in [0.05, 0.1) is 11.8 Å². The molecule has 0 bridgehead atoms. The van der Waals surface area contributed by atoms with Crippen LogP contribution in [-0.4, -0.2) is 36.2 Å². The highest BCUT2D eigenvalue weighted by Gasteiger charge is 2.38. The number of rotatable bonds is 6. The summed E-state index contributed by atoms with van der Waals surface area (Å²) in [4.78, 5) is 29.9. The van der Waals surface area contributed by atoms with Crippen LogP contribution in [0, 0.1) is 17.3 Å². The Morgan fingerprint density at radius 2 is 1.62 bits per heavy atom. The zero-order chi connectivity index (χ0) is 24.5. The van der Waals surface area contributed by atoms with Crippen molar-refractivity contribution < 1.29 is 19.4 Å². The Labute approximate surface area is 209 Å². The third-order valence-corrected chi connectivity index (χ3v) is 10.1. The molecule has 0 radical (unpaired) electrons. The smallest absolute Gasteiger partial charge is 0.348 e. The number of aromatic carboxylic acids is 1. The Morgan fingerprint density at radius 1 is 1.00 bits per heavy atom. The van der Waals surface area contributed by atoms with E-state index in [0.29, 0.717) is 27.8 Å². The first kappa shape index (κ1) is 25.7. The first-order valence-corrected chi connectivity index (χ1v) is 14.2. The molecule has 1 N–H and O–H groups in total. The van der Waals surface area contributed by atoms with E-state index in [-0.39, 0.29) is 24.0 Å². The van der Waals surface area contributed by atoms with Crippen molar-refractivity contribution >= 4 is 28.9 Å². The topological polar surface area (TPSA) is 66.8 Å². The van der Waals surface area contributed by atoms with Gasteiger partial charge in [0.1, 0.15) is 4.88 Å². The Kier molecular flexibility index (Phi) is 8.08. The molecule has 34 heavy (non-hydrogen) atoms.